The van der Waals surface area contributed by atoms with E-state index in [1.54, 1.807) is 0 Å². The molecule has 0 radical (unpaired) electrons. The van der Waals surface area contributed by atoms with Crippen LogP contribution in [0.2, 0.25) is 0 Å². The Morgan fingerprint density at radius 2 is 1.90 bits per heavy atom. The summed E-state index contributed by atoms with van der Waals surface area (Å²) in [6.45, 7) is -0.625. The second kappa shape index (κ2) is 7.68. The third-order valence-electron chi connectivity index (χ3n) is 4.14. The first-order valence-corrected chi connectivity index (χ1v) is 9.40. The lowest BCUT2D eigenvalue weighted by atomic mass is 10.1. The van der Waals surface area contributed by atoms with E-state index >= 15 is 0 Å². The Bertz CT molecular complexity index is 1370. The number of rotatable bonds is 5. The van der Waals surface area contributed by atoms with Crippen LogP contribution in [-0.4, -0.2) is 25.5 Å². The monoisotopic (exact) mass is 410 g/mol. The van der Waals surface area contributed by atoms with E-state index < -0.39 is 17.2 Å². The number of fused-ring (bicyclic) bond motifs is 1. The van der Waals surface area contributed by atoms with Crippen LogP contribution in [0.4, 0.5) is 0 Å². The highest BCUT2D eigenvalue weighted by molar-refractivity contribution is 7.17. The van der Waals surface area contributed by atoms with Gasteiger partial charge >= 0.3 is 11.7 Å². The molecule has 0 spiro atoms. The van der Waals surface area contributed by atoms with Gasteiger partial charge in [0, 0.05) is 23.2 Å². The van der Waals surface area contributed by atoms with E-state index in [1.165, 1.54) is 17.5 Å². The number of hydrogen-bond acceptors (Lipinski definition) is 7. The molecule has 0 saturated heterocycles. The number of benzene rings is 1. The van der Waals surface area contributed by atoms with Gasteiger partial charge < -0.3 is 9.72 Å². The topological polar surface area (TPSA) is 127 Å². The summed E-state index contributed by atoms with van der Waals surface area (Å²) in [5.74, 6) is -0.510. The van der Waals surface area contributed by atoms with Crippen molar-refractivity contribution in [2.75, 3.05) is 0 Å². The second-order valence-corrected chi connectivity index (χ2v) is 6.97. The SMILES string of the molecule is O=C(Cn1ccc(=O)[nH]c1=O)OCc1nc2scc(-c3ccccc3)c2c(=O)[nH]1. The Balaban J connectivity index is 1.52. The number of nitrogens with one attached hydrogen (secondary N) is 2. The molecule has 0 bridgehead atoms. The zero-order valence-corrected chi connectivity index (χ0v) is 15.7. The normalized spacial score (nSPS) is 10.9. The Labute approximate surface area is 166 Å². The fourth-order valence-electron chi connectivity index (χ4n) is 2.79. The number of nitrogens with zero attached hydrogens (tertiary/aromatic N) is 2. The van der Waals surface area contributed by atoms with E-state index in [0.717, 1.165) is 21.8 Å². The van der Waals surface area contributed by atoms with Crippen LogP contribution in [0.1, 0.15) is 5.82 Å². The van der Waals surface area contributed by atoms with Crippen LogP contribution < -0.4 is 16.8 Å². The summed E-state index contributed by atoms with van der Waals surface area (Å²) in [5.41, 5.74) is 0.116. The van der Waals surface area contributed by atoms with Gasteiger partial charge in [-0.3, -0.25) is 23.9 Å². The van der Waals surface area contributed by atoms with E-state index in [4.69, 9.17) is 4.74 Å². The minimum atomic E-state index is -0.713. The number of carbonyl (C=O) groups excluding carboxylic acids is 1. The Hall–Kier alpha value is -3.79. The average molecular weight is 410 g/mol. The van der Waals surface area contributed by atoms with Crippen molar-refractivity contribution in [1.82, 2.24) is 19.5 Å². The molecule has 2 N–H and O–H groups in total. The molecule has 0 atom stereocenters. The molecule has 0 aliphatic carbocycles. The molecule has 9 nitrogen and oxygen atoms in total. The van der Waals surface area contributed by atoms with Gasteiger partial charge in [0.25, 0.3) is 11.1 Å². The van der Waals surface area contributed by atoms with E-state index in [0.29, 0.717) is 10.2 Å². The molecule has 4 aromatic rings. The number of esters is 1. The fraction of sp³-hybridized carbons (Fsp3) is 0.105. The molecule has 0 aliphatic heterocycles. The summed E-state index contributed by atoms with van der Waals surface area (Å²) in [4.78, 5) is 56.7. The maximum atomic E-state index is 12.6. The number of ether oxygens (including phenoxy) is 1. The lowest BCUT2D eigenvalue weighted by Crippen LogP contribution is -2.31. The third-order valence-corrected chi connectivity index (χ3v) is 5.02. The van der Waals surface area contributed by atoms with Gasteiger partial charge in [-0.05, 0) is 5.56 Å². The fourth-order valence-corrected chi connectivity index (χ4v) is 3.76. The minimum absolute atomic E-state index is 0.200. The van der Waals surface area contributed by atoms with Crippen molar-refractivity contribution >= 4 is 27.5 Å². The van der Waals surface area contributed by atoms with Crippen LogP contribution in [-0.2, 0) is 22.7 Å². The molecule has 4 rings (SSSR count). The lowest BCUT2D eigenvalue weighted by Gasteiger charge is -2.06. The highest BCUT2D eigenvalue weighted by atomic mass is 32.1. The summed E-state index contributed by atoms with van der Waals surface area (Å²) in [7, 11) is 0. The van der Waals surface area contributed by atoms with Crippen molar-refractivity contribution < 1.29 is 9.53 Å². The molecule has 0 fully saturated rings. The summed E-state index contributed by atoms with van der Waals surface area (Å²) >= 11 is 1.33. The molecule has 3 heterocycles. The van der Waals surface area contributed by atoms with Gasteiger partial charge in [-0.1, -0.05) is 30.3 Å². The molecule has 0 amide bonds. The molecule has 0 unspecified atom stereocenters. The molecule has 3 aromatic heterocycles. The van der Waals surface area contributed by atoms with Crippen molar-refractivity contribution in [2.45, 2.75) is 13.2 Å². The smallest absolute Gasteiger partial charge is 0.328 e. The molecule has 10 heteroatoms. The van der Waals surface area contributed by atoms with Crippen LogP contribution in [0, 0.1) is 0 Å². The average Bonchev–Trinajstić information content (AvgIpc) is 3.14. The maximum Gasteiger partial charge on any atom is 0.328 e. The molecule has 1 aromatic carbocycles. The highest BCUT2D eigenvalue weighted by Crippen LogP contribution is 2.30. The summed E-state index contributed by atoms with van der Waals surface area (Å²) < 4.78 is 6.10. The van der Waals surface area contributed by atoms with Gasteiger partial charge in [0.15, 0.2) is 0 Å². The Morgan fingerprint density at radius 1 is 1.10 bits per heavy atom. The van der Waals surface area contributed by atoms with Gasteiger partial charge in [0.1, 0.15) is 23.8 Å². The van der Waals surface area contributed by atoms with Gasteiger partial charge in [0.2, 0.25) is 0 Å². The molecule has 29 heavy (non-hydrogen) atoms. The highest BCUT2D eigenvalue weighted by Gasteiger charge is 2.14. The van der Waals surface area contributed by atoms with E-state index in [-0.39, 0.29) is 24.5 Å². The van der Waals surface area contributed by atoms with Gasteiger partial charge in [-0.15, -0.1) is 11.3 Å². The molecular weight excluding hydrogens is 396 g/mol. The van der Waals surface area contributed by atoms with Crippen LogP contribution >= 0.6 is 11.3 Å². The van der Waals surface area contributed by atoms with E-state index in [9.17, 15) is 19.2 Å². The number of thiophene rings is 1. The van der Waals surface area contributed by atoms with Gasteiger partial charge in [-0.2, -0.15) is 0 Å². The number of H-pyrrole nitrogens is 2. The molecule has 146 valence electrons. The molecule has 0 saturated carbocycles. The molecular formula is C19H14N4O5S. The minimum Gasteiger partial charge on any atom is -0.456 e. The lowest BCUT2D eigenvalue weighted by molar-refractivity contribution is -0.146. The van der Waals surface area contributed by atoms with E-state index in [2.05, 4.69) is 9.97 Å². The number of aromatic amines is 2. The van der Waals surface area contributed by atoms with Crippen LogP contribution in [0.15, 0.2) is 62.4 Å². The summed E-state index contributed by atoms with van der Waals surface area (Å²) in [5, 5.41) is 2.34. The van der Waals surface area contributed by atoms with E-state index in [1.807, 2.05) is 40.7 Å². The predicted octanol–water partition coefficient (Wildman–Crippen LogP) is 1.24. The van der Waals surface area contributed by atoms with Crippen LogP contribution in [0.25, 0.3) is 21.3 Å². The first kappa shape index (κ1) is 18.6. The zero-order chi connectivity index (χ0) is 20.4. The summed E-state index contributed by atoms with van der Waals surface area (Å²) in [6.07, 6.45) is 1.20. The van der Waals surface area contributed by atoms with Crippen molar-refractivity contribution in [3.8, 4) is 11.1 Å². The van der Waals surface area contributed by atoms with Crippen LogP contribution in [0.3, 0.4) is 0 Å². The van der Waals surface area contributed by atoms with Crippen molar-refractivity contribution in [3.05, 3.63) is 85.0 Å². The van der Waals surface area contributed by atoms with Crippen LogP contribution in [0.5, 0.6) is 0 Å². The zero-order valence-electron chi connectivity index (χ0n) is 14.9. The quantitative estimate of drug-likeness (QED) is 0.477. The van der Waals surface area contributed by atoms with Crippen molar-refractivity contribution in [3.63, 3.8) is 0 Å². The van der Waals surface area contributed by atoms with Crippen molar-refractivity contribution in [1.29, 1.82) is 0 Å². The number of aromatic nitrogens is 4. The first-order valence-electron chi connectivity index (χ1n) is 8.52. The maximum absolute atomic E-state index is 12.6. The standard InChI is InChI=1S/C19H14N4O5S/c24-14-6-7-23(19(27)22-14)8-15(25)28-9-13-20-17(26)16-12(10-29-18(16)21-13)11-4-2-1-3-5-11/h1-7,10H,8-9H2,(H,20,21,26)(H,22,24,27). The number of hydrogen-bond donors (Lipinski definition) is 2. The Kier molecular flexibility index (Phi) is 4.92. The van der Waals surface area contributed by atoms with Gasteiger partial charge in [-0.25, -0.2) is 9.78 Å². The molecule has 0 aliphatic rings. The largest absolute Gasteiger partial charge is 0.456 e. The number of carbonyl (C=O) groups is 1. The second-order valence-electron chi connectivity index (χ2n) is 6.11. The van der Waals surface area contributed by atoms with Gasteiger partial charge in [0.05, 0.1) is 5.39 Å². The predicted molar refractivity (Wildman–Crippen MR) is 107 cm³/mol. The van der Waals surface area contributed by atoms with Crippen molar-refractivity contribution in [2.24, 2.45) is 0 Å². The summed E-state index contributed by atoms with van der Waals surface area (Å²) in [6, 6.07) is 10.6. The first-order chi connectivity index (χ1) is 14.0. The Morgan fingerprint density at radius 3 is 2.66 bits per heavy atom. The third kappa shape index (κ3) is 3.92.